The fourth-order valence-electron chi connectivity index (χ4n) is 2.12. The Kier molecular flexibility index (Phi) is 4.43. The van der Waals surface area contributed by atoms with Crippen LogP contribution in [-0.2, 0) is 13.0 Å². The summed E-state index contributed by atoms with van der Waals surface area (Å²) in [6.07, 6.45) is 0.924. The third kappa shape index (κ3) is 2.73. The van der Waals surface area contributed by atoms with Crippen LogP contribution in [0.3, 0.4) is 0 Å². The predicted molar refractivity (Wildman–Crippen MR) is 69.1 cm³/mol. The quantitative estimate of drug-likeness (QED) is 0.822. The van der Waals surface area contributed by atoms with Crippen LogP contribution < -0.4 is 5.32 Å². The van der Waals surface area contributed by atoms with Crippen molar-refractivity contribution in [3.8, 4) is 0 Å². The summed E-state index contributed by atoms with van der Waals surface area (Å²) in [6, 6.07) is 3.75. The molecule has 1 aliphatic heterocycles. The number of rotatable bonds is 2. The van der Waals surface area contributed by atoms with Crippen molar-refractivity contribution < 1.29 is 9.59 Å². The molecule has 0 amide bonds. The Labute approximate surface area is 107 Å². The molecule has 2 rings (SSSR count). The lowest BCUT2D eigenvalue weighted by molar-refractivity contribution is 0.0980. The molecule has 17 heavy (non-hydrogen) atoms. The Morgan fingerprint density at radius 2 is 1.59 bits per heavy atom. The van der Waals surface area contributed by atoms with E-state index in [1.165, 1.54) is 19.4 Å². The molecule has 1 aromatic carbocycles. The smallest absolute Gasteiger partial charge is 0.160 e. The van der Waals surface area contributed by atoms with Gasteiger partial charge in [-0.1, -0.05) is 0 Å². The first-order valence-corrected chi connectivity index (χ1v) is 5.48. The maximum Gasteiger partial charge on any atom is 0.160 e. The zero-order valence-corrected chi connectivity index (χ0v) is 10.8. The van der Waals surface area contributed by atoms with Gasteiger partial charge in [-0.25, -0.2) is 0 Å². The number of carbonyl (C=O) groups excluding carboxylic acids is 2. The van der Waals surface area contributed by atoms with Gasteiger partial charge in [0, 0.05) is 17.7 Å². The van der Waals surface area contributed by atoms with Gasteiger partial charge in [0.2, 0.25) is 0 Å². The third-order valence-electron chi connectivity index (χ3n) is 2.98. The van der Waals surface area contributed by atoms with E-state index in [2.05, 4.69) is 5.32 Å². The SMILES string of the molecule is CC(=O)c1cc2c(cc1C(C)=O)CNCC2.Cl. The van der Waals surface area contributed by atoms with Crippen LogP contribution in [0.2, 0.25) is 0 Å². The van der Waals surface area contributed by atoms with Crippen LogP contribution in [0.15, 0.2) is 12.1 Å². The molecule has 0 fully saturated rings. The Balaban J connectivity index is 0.00000144. The predicted octanol–water partition coefficient (Wildman–Crippen LogP) is 2.16. The third-order valence-corrected chi connectivity index (χ3v) is 2.98. The number of benzene rings is 1. The first-order chi connectivity index (χ1) is 7.59. The fraction of sp³-hybridized carbons (Fsp3) is 0.385. The molecule has 1 N–H and O–H groups in total. The molecule has 0 saturated carbocycles. The molecule has 1 aromatic rings. The van der Waals surface area contributed by atoms with Gasteiger partial charge in [0.05, 0.1) is 0 Å². The average molecular weight is 254 g/mol. The van der Waals surface area contributed by atoms with Gasteiger partial charge in [0.25, 0.3) is 0 Å². The number of Topliss-reactive ketones (excluding diaryl/α,β-unsaturated/α-hetero) is 2. The lowest BCUT2D eigenvalue weighted by Gasteiger charge is -2.19. The minimum Gasteiger partial charge on any atom is -0.312 e. The average Bonchev–Trinajstić information content (AvgIpc) is 2.27. The van der Waals surface area contributed by atoms with Gasteiger partial charge in [-0.15, -0.1) is 12.4 Å². The largest absolute Gasteiger partial charge is 0.312 e. The molecule has 92 valence electrons. The second kappa shape index (κ2) is 5.43. The van der Waals surface area contributed by atoms with E-state index in [1.807, 2.05) is 12.1 Å². The maximum atomic E-state index is 11.5. The van der Waals surface area contributed by atoms with Gasteiger partial charge in [-0.2, -0.15) is 0 Å². The molecular weight excluding hydrogens is 238 g/mol. The highest BCUT2D eigenvalue weighted by molar-refractivity contribution is 6.07. The summed E-state index contributed by atoms with van der Waals surface area (Å²) >= 11 is 0. The minimum absolute atomic E-state index is 0. The number of carbonyl (C=O) groups is 2. The number of ketones is 2. The Hall–Kier alpha value is -1.19. The molecule has 0 radical (unpaired) electrons. The Morgan fingerprint density at radius 3 is 2.12 bits per heavy atom. The van der Waals surface area contributed by atoms with Gasteiger partial charge in [-0.05, 0) is 50.1 Å². The van der Waals surface area contributed by atoms with E-state index in [4.69, 9.17) is 0 Å². The fourth-order valence-corrected chi connectivity index (χ4v) is 2.12. The van der Waals surface area contributed by atoms with E-state index in [9.17, 15) is 9.59 Å². The molecule has 0 spiro atoms. The normalized spacial score (nSPS) is 13.5. The first-order valence-electron chi connectivity index (χ1n) is 5.48. The first kappa shape index (κ1) is 13.9. The Morgan fingerprint density at radius 1 is 1.06 bits per heavy atom. The van der Waals surface area contributed by atoms with Crippen LogP contribution in [0.25, 0.3) is 0 Å². The summed E-state index contributed by atoms with van der Waals surface area (Å²) in [5.74, 6) is -0.0786. The van der Waals surface area contributed by atoms with E-state index in [-0.39, 0.29) is 24.0 Å². The van der Waals surface area contributed by atoms with Crippen molar-refractivity contribution in [2.75, 3.05) is 6.54 Å². The molecular formula is C13H16ClNO2. The van der Waals surface area contributed by atoms with Crippen molar-refractivity contribution in [3.05, 3.63) is 34.4 Å². The second-order valence-corrected chi connectivity index (χ2v) is 4.21. The number of hydrogen-bond acceptors (Lipinski definition) is 3. The van der Waals surface area contributed by atoms with E-state index in [0.717, 1.165) is 25.1 Å². The lowest BCUT2D eigenvalue weighted by atomic mass is 9.91. The molecule has 0 saturated heterocycles. The highest BCUT2D eigenvalue weighted by atomic mass is 35.5. The highest BCUT2D eigenvalue weighted by Crippen LogP contribution is 2.21. The molecule has 4 heteroatoms. The molecule has 0 unspecified atom stereocenters. The summed E-state index contributed by atoms with van der Waals surface area (Å²) in [7, 11) is 0. The number of hydrogen-bond donors (Lipinski definition) is 1. The van der Waals surface area contributed by atoms with Gasteiger partial charge < -0.3 is 5.32 Å². The molecule has 3 nitrogen and oxygen atoms in total. The van der Waals surface area contributed by atoms with Crippen molar-refractivity contribution in [2.45, 2.75) is 26.8 Å². The van der Waals surface area contributed by atoms with Crippen LogP contribution in [0.5, 0.6) is 0 Å². The molecule has 1 aliphatic rings. The van der Waals surface area contributed by atoms with Gasteiger partial charge in [0.15, 0.2) is 11.6 Å². The molecule has 0 atom stereocenters. The number of fused-ring (bicyclic) bond motifs is 1. The van der Waals surface area contributed by atoms with Crippen LogP contribution in [0, 0.1) is 0 Å². The summed E-state index contributed by atoms with van der Waals surface area (Å²) in [5, 5.41) is 3.26. The van der Waals surface area contributed by atoms with Crippen LogP contribution in [0.4, 0.5) is 0 Å². The van der Waals surface area contributed by atoms with Crippen molar-refractivity contribution in [1.29, 1.82) is 0 Å². The van der Waals surface area contributed by atoms with E-state index in [0.29, 0.717) is 11.1 Å². The van der Waals surface area contributed by atoms with Crippen LogP contribution >= 0.6 is 12.4 Å². The maximum absolute atomic E-state index is 11.5. The lowest BCUT2D eigenvalue weighted by Crippen LogP contribution is -2.24. The zero-order chi connectivity index (χ0) is 11.7. The highest BCUT2D eigenvalue weighted by Gasteiger charge is 2.17. The van der Waals surface area contributed by atoms with E-state index in [1.54, 1.807) is 0 Å². The van der Waals surface area contributed by atoms with Gasteiger partial charge >= 0.3 is 0 Å². The molecule has 1 heterocycles. The minimum atomic E-state index is -0.0430. The molecule has 0 bridgehead atoms. The zero-order valence-electron chi connectivity index (χ0n) is 10.0. The van der Waals surface area contributed by atoms with Crippen molar-refractivity contribution >= 4 is 24.0 Å². The van der Waals surface area contributed by atoms with E-state index < -0.39 is 0 Å². The van der Waals surface area contributed by atoms with Crippen molar-refractivity contribution in [3.63, 3.8) is 0 Å². The number of halogens is 1. The Bertz CT molecular complexity index is 426. The summed E-state index contributed by atoms with van der Waals surface area (Å²) in [5.41, 5.74) is 3.44. The van der Waals surface area contributed by atoms with Gasteiger partial charge in [0.1, 0.15) is 0 Å². The second-order valence-electron chi connectivity index (χ2n) is 4.21. The van der Waals surface area contributed by atoms with Crippen molar-refractivity contribution in [1.82, 2.24) is 5.32 Å². The number of nitrogens with one attached hydrogen (secondary N) is 1. The standard InChI is InChI=1S/C13H15NO2.ClH/c1-8(15)12-5-10-3-4-14-7-11(10)6-13(12)9(2)16;/h5-6,14H,3-4,7H2,1-2H3;1H. The monoisotopic (exact) mass is 253 g/mol. The topological polar surface area (TPSA) is 46.2 Å². The van der Waals surface area contributed by atoms with Crippen LogP contribution in [-0.4, -0.2) is 18.1 Å². The summed E-state index contributed by atoms with van der Waals surface area (Å²) in [6.45, 7) is 4.73. The van der Waals surface area contributed by atoms with Gasteiger partial charge in [-0.3, -0.25) is 9.59 Å². The van der Waals surface area contributed by atoms with Crippen LogP contribution in [0.1, 0.15) is 45.7 Å². The molecule has 0 aromatic heterocycles. The summed E-state index contributed by atoms with van der Waals surface area (Å²) < 4.78 is 0. The van der Waals surface area contributed by atoms with Crippen molar-refractivity contribution in [2.24, 2.45) is 0 Å². The summed E-state index contributed by atoms with van der Waals surface area (Å²) in [4.78, 5) is 23.0. The van der Waals surface area contributed by atoms with E-state index >= 15 is 0 Å². The molecule has 0 aliphatic carbocycles.